The van der Waals surface area contributed by atoms with Gasteiger partial charge < -0.3 is 14.5 Å². The molecule has 0 bridgehead atoms. The monoisotopic (exact) mass is 344 g/mol. The molecule has 5 nitrogen and oxygen atoms in total. The Kier molecular flexibility index (Phi) is 5.61. The first kappa shape index (κ1) is 17.8. The molecule has 2 saturated heterocycles. The molecule has 1 atom stereocenters. The van der Waals surface area contributed by atoms with Gasteiger partial charge in [0.25, 0.3) is 0 Å². The van der Waals surface area contributed by atoms with Crippen LogP contribution in [0, 0.1) is 5.92 Å². The fourth-order valence-electron chi connectivity index (χ4n) is 3.61. The Morgan fingerprint density at radius 1 is 1.16 bits per heavy atom. The average Bonchev–Trinajstić information content (AvgIpc) is 2.63. The number of piperidine rings is 1. The van der Waals surface area contributed by atoms with Crippen LogP contribution in [0.5, 0.6) is 5.75 Å². The van der Waals surface area contributed by atoms with E-state index in [4.69, 9.17) is 4.74 Å². The number of aryl methyl sites for hydroxylation is 1. The standard InChI is InChI=1S/C20H28N2O3/c1-3-15-7-5-9-17(11-15)25-18-13-22(14-18)20(24)16-8-6-10-21(12-16)19(23)4-2/h5,7,9,11,16,18H,3-4,6,8,10,12-14H2,1-2H3/t16-/m0/s1. The lowest BCUT2D eigenvalue weighted by Crippen LogP contribution is -2.59. The number of hydrogen-bond donors (Lipinski definition) is 0. The van der Waals surface area contributed by atoms with E-state index in [2.05, 4.69) is 19.1 Å². The van der Waals surface area contributed by atoms with Crippen molar-refractivity contribution in [3.05, 3.63) is 29.8 Å². The van der Waals surface area contributed by atoms with Crippen molar-refractivity contribution >= 4 is 11.8 Å². The lowest BCUT2D eigenvalue weighted by molar-refractivity contribution is -0.148. The van der Waals surface area contributed by atoms with Crippen LogP contribution in [0.25, 0.3) is 0 Å². The van der Waals surface area contributed by atoms with Crippen LogP contribution in [-0.4, -0.2) is 53.9 Å². The van der Waals surface area contributed by atoms with E-state index in [1.54, 1.807) is 0 Å². The Morgan fingerprint density at radius 2 is 1.96 bits per heavy atom. The van der Waals surface area contributed by atoms with Crippen LogP contribution in [-0.2, 0) is 16.0 Å². The summed E-state index contributed by atoms with van der Waals surface area (Å²) in [6.45, 7) is 6.65. The van der Waals surface area contributed by atoms with Gasteiger partial charge in [0, 0.05) is 19.5 Å². The van der Waals surface area contributed by atoms with Crippen molar-refractivity contribution in [1.29, 1.82) is 0 Å². The van der Waals surface area contributed by atoms with Crippen LogP contribution in [0.3, 0.4) is 0 Å². The molecule has 2 heterocycles. The number of rotatable bonds is 5. The molecule has 25 heavy (non-hydrogen) atoms. The third-order valence-corrected chi connectivity index (χ3v) is 5.19. The summed E-state index contributed by atoms with van der Waals surface area (Å²) in [6, 6.07) is 8.14. The zero-order valence-corrected chi connectivity index (χ0v) is 15.2. The summed E-state index contributed by atoms with van der Waals surface area (Å²) >= 11 is 0. The van der Waals surface area contributed by atoms with Crippen LogP contribution < -0.4 is 4.74 Å². The van der Waals surface area contributed by atoms with Gasteiger partial charge in [0.2, 0.25) is 11.8 Å². The molecule has 0 aliphatic carbocycles. The first-order chi connectivity index (χ1) is 12.1. The van der Waals surface area contributed by atoms with Gasteiger partial charge in [-0.2, -0.15) is 0 Å². The molecule has 2 aliphatic heterocycles. The summed E-state index contributed by atoms with van der Waals surface area (Å²) < 4.78 is 5.98. The first-order valence-corrected chi connectivity index (χ1v) is 9.42. The number of hydrogen-bond acceptors (Lipinski definition) is 3. The van der Waals surface area contributed by atoms with Crippen molar-refractivity contribution in [3.8, 4) is 5.75 Å². The molecule has 0 spiro atoms. The van der Waals surface area contributed by atoms with Crippen molar-refractivity contribution in [2.75, 3.05) is 26.2 Å². The molecule has 2 amide bonds. The zero-order valence-electron chi connectivity index (χ0n) is 15.2. The highest BCUT2D eigenvalue weighted by molar-refractivity contribution is 5.82. The highest BCUT2D eigenvalue weighted by Crippen LogP contribution is 2.24. The van der Waals surface area contributed by atoms with E-state index >= 15 is 0 Å². The highest BCUT2D eigenvalue weighted by Gasteiger charge is 2.37. The number of ether oxygens (including phenoxy) is 1. The van der Waals surface area contributed by atoms with Crippen LogP contribution in [0.4, 0.5) is 0 Å². The molecule has 136 valence electrons. The minimum Gasteiger partial charge on any atom is -0.487 e. The summed E-state index contributed by atoms with van der Waals surface area (Å²) in [7, 11) is 0. The van der Waals surface area contributed by atoms with E-state index in [0.717, 1.165) is 31.6 Å². The van der Waals surface area contributed by atoms with Crippen LogP contribution in [0.1, 0.15) is 38.7 Å². The van der Waals surface area contributed by atoms with E-state index in [1.165, 1.54) is 5.56 Å². The predicted molar refractivity (Wildman–Crippen MR) is 96.4 cm³/mol. The SMILES string of the molecule is CCC(=O)N1CCC[C@H](C(=O)N2CC(Oc3cccc(CC)c3)C2)C1. The van der Waals surface area contributed by atoms with E-state index in [9.17, 15) is 9.59 Å². The molecular weight excluding hydrogens is 316 g/mol. The van der Waals surface area contributed by atoms with Crippen molar-refractivity contribution < 1.29 is 14.3 Å². The van der Waals surface area contributed by atoms with Crippen LogP contribution in [0.2, 0.25) is 0 Å². The minimum absolute atomic E-state index is 0.0476. The molecule has 0 radical (unpaired) electrons. The molecule has 0 N–H and O–H groups in total. The zero-order chi connectivity index (χ0) is 17.8. The maximum absolute atomic E-state index is 12.7. The maximum Gasteiger partial charge on any atom is 0.227 e. The molecule has 2 fully saturated rings. The van der Waals surface area contributed by atoms with Crippen molar-refractivity contribution in [2.45, 2.75) is 45.6 Å². The Hall–Kier alpha value is -2.04. The lowest BCUT2D eigenvalue weighted by Gasteiger charge is -2.42. The lowest BCUT2D eigenvalue weighted by atomic mass is 9.94. The maximum atomic E-state index is 12.7. The number of nitrogens with zero attached hydrogens (tertiary/aromatic N) is 2. The molecular formula is C20H28N2O3. The summed E-state index contributed by atoms with van der Waals surface area (Å²) in [4.78, 5) is 28.3. The smallest absolute Gasteiger partial charge is 0.227 e. The van der Waals surface area contributed by atoms with Gasteiger partial charge >= 0.3 is 0 Å². The second kappa shape index (κ2) is 7.89. The second-order valence-electron chi connectivity index (χ2n) is 7.02. The predicted octanol–water partition coefficient (Wildman–Crippen LogP) is 2.49. The third kappa shape index (κ3) is 4.14. The molecule has 0 aromatic heterocycles. The number of carbonyl (C=O) groups excluding carboxylic acids is 2. The Balaban J connectivity index is 1.48. The summed E-state index contributed by atoms with van der Waals surface area (Å²) in [5.74, 6) is 1.16. The number of likely N-dealkylation sites (tertiary alicyclic amines) is 2. The summed E-state index contributed by atoms with van der Waals surface area (Å²) in [6.07, 6.45) is 3.37. The van der Waals surface area contributed by atoms with Crippen LogP contribution in [0.15, 0.2) is 24.3 Å². The van der Waals surface area contributed by atoms with Crippen molar-refractivity contribution in [2.24, 2.45) is 5.92 Å². The average molecular weight is 344 g/mol. The molecule has 0 unspecified atom stereocenters. The van der Waals surface area contributed by atoms with E-state index < -0.39 is 0 Å². The number of amides is 2. The summed E-state index contributed by atoms with van der Waals surface area (Å²) in [5, 5.41) is 0. The Morgan fingerprint density at radius 3 is 2.68 bits per heavy atom. The van der Waals surface area contributed by atoms with Gasteiger partial charge in [0.15, 0.2) is 0 Å². The molecule has 3 rings (SSSR count). The first-order valence-electron chi connectivity index (χ1n) is 9.42. The van der Waals surface area contributed by atoms with Gasteiger partial charge in [0.05, 0.1) is 19.0 Å². The molecule has 0 saturated carbocycles. The van der Waals surface area contributed by atoms with E-state index in [1.807, 2.05) is 28.9 Å². The fraction of sp³-hybridized carbons (Fsp3) is 0.600. The topological polar surface area (TPSA) is 49.9 Å². The third-order valence-electron chi connectivity index (χ3n) is 5.19. The number of benzene rings is 1. The Labute approximate surface area is 149 Å². The van der Waals surface area contributed by atoms with Gasteiger partial charge in [-0.1, -0.05) is 26.0 Å². The summed E-state index contributed by atoms with van der Waals surface area (Å²) in [5.41, 5.74) is 1.26. The van der Waals surface area contributed by atoms with Gasteiger partial charge in [0.1, 0.15) is 11.9 Å². The second-order valence-corrected chi connectivity index (χ2v) is 7.02. The van der Waals surface area contributed by atoms with Crippen LogP contribution >= 0.6 is 0 Å². The molecule has 2 aliphatic rings. The number of carbonyl (C=O) groups is 2. The van der Waals surface area contributed by atoms with Gasteiger partial charge in [-0.25, -0.2) is 0 Å². The van der Waals surface area contributed by atoms with Gasteiger partial charge in [-0.15, -0.1) is 0 Å². The van der Waals surface area contributed by atoms with E-state index in [-0.39, 0.29) is 23.8 Å². The molecule has 5 heteroatoms. The Bertz CT molecular complexity index is 625. The quantitative estimate of drug-likeness (QED) is 0.824. The van der Waals surface area contributed by atoms with Crippen molar-refractivity contribution in [1.82, 2.24) is 9.80 Å². The normalized spacial score (nSPS) is 21.0. The van der Waals surface area contributed by atoms with E-state index in [0.29, 0.717) is 26.1 Å². The highest BCUT2D eigenvalue weighted by atomic mass is 16.5. The fourth-order valence-corrected chi connectivity index (χ4v) is 3.61. The molecule has 1 aromatic rings. The largest absolute Gasteiger partial charge is 0.487 e. The minimum atomic E-state index is -0.0476. The van der Waals surface area contributed by atoms with Gasteiger partial charge in [-0.3, -0.25) is 9.59 Å². The van der Waals surface area contributed by atoms with Crippen molar-refractivity contribution in [3.63, 3.8) is 0 Å². The molecule has 1 aromatic carbocycles. The van der Waals surface area contributed by atoms with Gasteiger partial charge in [-0.05, 0) is 37.0 Å².